The fraction of sp³-hybridized carbons (Fsp3) is 0.188. The highest BCUT2D eigenvalue weighted by atomic mass is 35.5. The standard InChI is InChI=1S/C16H15ClN2O/c1-20-16-11-13(7-8-14(16)17)19-15(9-10-18)12-5-3-2-4-6-12/h2-8,11,15,19H,9H2,1H3. The first kappa shape index (κ1) is 14.2. The fourth-order valence-electron chi connectivity index (χ4n) is 1.98. The van der Waals surface area contributed by atoms with Crippen molar-refractivity contribution in [1.29, 1.82) is 5.26 Å². The summed E-state index contributed by atoms with van der Waals surface area (Å²) in [6.45, 7) is 0. The number of benzene rings is 2. The zero-order valence-corrected chi connectivity index (χ0v) is 11.9. The van der Waals surface area contributed by atoms with Crippen molar-refractivity contribution >= 4 is 17.3 Å². The van der Waals surface area contributed by atoms with Gasteiger partial charge in [0, 0.05) is 11.8 Å². The number of ether oxygens (including phenoxy) is 1. The largest absolute Gasteiger partial charge is 0.495 e. The summed E-state index contributed by atoms with van der Waals surface area (Å²) in [6, 6.07) is 17.5. The molecule has 0 bridgehead atoms. The Hall–Kier alpha value is -2.18. The predicted molar refractivity (Wildman–Crippen MR) is 81.0 cm³/mol. The van der Waals surface area contributed by atoms with Crippen LogP contribution in [-0.2, 0) is 0 Å². The maximum absolute atomic E-state index is 8.99. The second-order valence-corrected chi connectivity index (χ2v) is 4.73. The van der Waals surface area contributed by atoms with Gasteiger partial charge in [0.15, 0.2) is 0 Å². The van der Waals surface area contributed by atoms with Crippen LogP contribution in [0.5, 0.6) is 5.75 Å². The predicted octanol–water partition coefficient (Wildman–Crippen LogP) is 4.42. The lowest BCUT2D eigenvalue weighted by molar-refractivity contribution is 0.415. The number of hydrogen-bond acceptors (Lipinski definition) is 3. The van der Waals surface area contributed by atoms with Crippen molar-refractivity contribution in [3.05, 3.63) is 59.1 Å². The minimum Gasteiger partial charge on any atom is -0.495 e. The van der Waals surface area contributed by atoms with Crippen LogP contribution in [0.15, 0.2) is 48.5 Å². The van der Waals surface area contributed by atoms with Crippen LogP contribution in [0.2, 0.25) is 5.02 Å². The molecule has 0 aliphatic rings. The Bertz CT molecular complexity index is 608. The van der Waals surface area contributed by atoms with E-state index in [1.54, 1.807) is 13.2 Å². The van der Waals surface area contributed by atoms with Crippen molar-refractivity contribution in [3.63, 3.8) is 0 Å². The maximum atomic E-state index is 8.99. The molecule has 3 nitrogen and oxygen atoms in total. The van der Waals surface area contributed by atoms with Gasteiger partial charge < -0.3 is 10.1 Å². The van der Waals surface area contributed by atoms with Crippen LogP contribution in [0.25, 0.3) is 0 Å². The molecule has 0 aromatic heterocycles. The van der Waals surface area contributed by atoms with Gasteiger partial charge in [0.25, 0.3) is 0 Å². The molecular formula is C16H15ClN2O. The van der Waals surface area contributed by atoms with Gasteiger partial charge >= 0.3 is 0 Å². The van der Waals surface area contributed by atoms with Crippen LogP contribution in [-0.4, -0.2) is 7.11 Å². The average Bonchev–Trinajstić information content (AvgIpc) is 2.49. The van der Waals surface area contributed by atoms with Crippen LogP contribution >= 0.6 is 11.6 Å². The summed E-state index contributed by atoms with van der Waals surface area (Å²) in [5.41, 5.74) is 1.94. The van der Waals surface area contributed by atoms with E-state index in [4.69, 9.17) is 21.6 Å². The molecule has 0 amide bonds. The molecule has 0 fully saturated rings. The first-order chi connectivity index (χ1) is 9.74. The highest BCUT2D eigenvalue weighted by molar-refractivity contribution is 6.32. The summed E-state index contributed by atoms with van der Waals surface area (Å²) in [5.74, 6) is 0.612. The van der Waals surface area contributed by atoms with E-state index in [-0.39, 0.29) is 6.04 Å². The summed E-state index contributed by atoms with van der Waals surface area (Å²) in [7, 11) is 1.58. The van der Waals surface area contributed by atoms with E-state index in [1.165, 1.54) is 0 Å². The van der Waals surface area contributed by atoms with E-state index in [1.807, 2.05) is 42.5 Å². The summed E-state index contributed by atoms with van der Waals surface area (Å²) in [5, 5.41) is 12.9. The maximum Gasteiger partial charge on any atom is 0.139 e. The van der Waals surface area contributed by atoms with Crippen molar-refractivity contribution in [2.45, 2.75) is 12.5 Å². The van der Waals surface area contributed by atoms with Gasteiger partial charge in [-0.25, -0.2) is 0 Å². The smallest absolute Gasteiger partial charge is 0.139 e. The fourth-order valence-corrected chi connectivity index (χ4v) is 2.17. The van der Waals surface area contributed by atoms with Crippen LogP contribution in [0.4, 0.5) is 5.69 Å². The number of halogens is 1. The monoisotopic (exact) mass is 286 g/mol. The summed E-state index contributed by atoms with van der Waals surface area (Å²) < 4.78 is 5.20. The zero-order valence-electron chi connectivity index (χ0n) is 11.1. The van der Waals surface area contributed by atoms with Gasteiger partial charge in [-0.15, -0.1) is 0 Å². The van der Waals surface area contributed by atoms with Crippen LogP contribution < -0.4 is 10.1 Å². The highest BCUT2D eigenvalue weighted by Crippen LogP contribution is 2.30. The lowest BCUT2D eigenvalue weighted by Gasteiger charge is -2.18. The van der Waals surface area contributed by atoms with Gasteiger partial charge in [0.2, 0.25) is 0 Å². The number of rotatable bonds is 5. The first-order valence-corrected chi connectivity index (χ1v) is 6.64. The topological polar surface area (TPSA) is 45.0 Å². The van der Waals surface area contributed by atoms with Crippen LogP contribution in [0, 0.1) is 11.3 Å². The number of hydrogen-bond donors (Lipinski definition) is 1. The molecule has 2 aromatic rings. The lowest BCUT2D eigenvalue weighted by atomic mass is 10.0. The number of nitrogens with one attached hydrogen (secondary N) is 1. The van der Waals surface area contributed by atoms with E-state index in [0.29, 0.717) is 17.2 Å². The number of nitriles is 1. The highest BCUT2D eigenvalue weighted by Gasteiger charge is 2.11. The Morgan fingerprint density at radius 2 is 2.00 bits per heavy atom. The van der Waals surface area contributed by atoms with Crippen molar-refractivity contribution < 1.29 is 4.74 Å². The van der Waals surface area contributed by atoms with Crippen LogP contribution in [0.1, 0.15) is 18.0 Å². The number of methoxy groups -OCH3 is 1. The van der Waals surface area contributed by atoms with Gasteiger partial charge in [0.05, 0.1) is 30.7 Å². The Morgan fingerprint density at radius 1 is 1.25 bits per heavy atom. The van der Waals surface area contributed by atoms with Gasteiger partial charge in [-0.3, -0.25) is 0 Å². The molecule has 102 valence electrons. The van der Waals surface area contributed by atoms with Crippen molar-refractivity contribution in [1.82, 2.24) is 0 Å². The quantitative estimate of drug-likeness (QED) is 0.885. The minimum absolute atomic E-state index is 0.0629. The molecule has 0 saturated heterocycles. The average molecular weight is 287 g/mol. The molecule has 1 N–H and O–H groups in total. The SMILES string of the molecule is COc1cc(NC(CC#N)c2ccccc2)ccc1Cl. The third-order valence-electron chi connectivity index (χ3n) is 2.99. The van der Waals surface area contributed by atoms with Crippen molar-refractivity contribution in [3.8, 4) is 11.8 Å². The van der Waals surface area contributed by atoms with Gasteiger partial charge in [-0.1, -0.05) is 41.9 Å². The van der Waals surface area contributed by atoms with E-state index < -0.39 is 0 Å². The molecule has 1 unspecified atom stereocenters. The van der Waals surface area contributed by atoms with E-state index >= 15 is 0 Å². The summed E-state index contributed by atoms with van der Waals surface area (Å²) in [6.07, 6.45) is 0.384. The molecule has 2 rings (SSSR count). The Kier molecular flexibility index (Phi) is 4.86. The first-order valence-electron chi connectivity index (χ1n) is 6.26. The summed E-state index contributed by atoms with van der Waals surface area (Å²) >= 11 is 6.01. The Morgan fingerprint density at radius 3 is 2.65 bits per heavy atom. The third-order valence-corrected chi connectivity index (χ3v) is 3.30. The van der Waals surface area contributed by atoms with E-state index in [0.717, 1.165) is 11.3 Å². The molecule has 0 aliphatic carbocycles. The zero-order chi connectivity index (χ0) is 14.4. The Labute approximate surface area is 123 Å². The van der Waals surface area contributed by atoms with Gasteiger partial charge in [-0.2, -0.15) is 5.26 Å². The lowest BCUT2D eigenvalue weighted by Crippen LogP contribution is -2.10. The minimum atomic E-state index is -0.0629. The molecule has 0 saturated carbocycles. The molecule has 2 aromatic carbocycles. The van der Waals surface area contributed by atoms with Gasteiger partial charge in [-0.05, 0) is 17.7 Å². The number of anilines is 1. The normalized spacial score (nSPS) is 11.4. The molecule has 4 heteroatoms. The van der Waals surface area contributed by atoms with Gasteiger partial charge in [0.1, 0.15) is 5.75 Å². The molecule has 0 radical (unpaired) electrons. The molecule has 0 aliphatic heterocycles. The Balaban J connectivity index is 2.23. The van der Waals surface area contributed by atoms with Crippen molar-refractivity contribution in [2.75, 3.05) is 12.4 Å². The second-order valence-electron chi connectivity index (χ2n) is 4.32. The third kappa shape index (κ3) is 3.43. The number of nitrogens with zero attached hydrogens (tertiary/aromatic N) is 1. The second kappa shape index (κ2) is 6.83. The molecule has 0 spiro atoms. The summed E-state index contributed by atoms with van der Waals surface area (Å²) in [4.78, 5) is 0. The molecular weight excluding hydrogens is 272 g/mol. The van der Waals surface area contributed by atoms with Crippen LogP contribution in [0.3, 0.4) is 0 Å². The molecule has 20 heavy (non-hydrogen) atoms. The molecule has 0 heterocycles. The van der Waals surface area contributed by atoms with Crippen molar-refractivity contribution in [2.24, 2.45) is 0 Å². The molecule has 1 atom stereocenters. The van der Waals surface area contributed by atoms with E-state index in [9.17, 15) is 0 Å². The van der Waals surface area contributed by atoms with E-state index in [2.05, 4.69) is 11.4 Å².